The Morgan fingerprint density at radius 3 is 2.33 bits per heavy atom. The summed E-state index contributed by atoms with van der Waals surface area (Å²) >= 11 is 0. The quantitative estimate of drug-likeness (QED) is 0.554. The molecular formula is C11H24N4. The standard InChI is InChI=1S/C11H24N4/c1-4-10(3)14-6-8-15(9-7-14)11(12)13-5-2/h10H,4-9H2,1-3H3,(H2,12,13). The zero-order valence-electron chi connectivity index (χ0n) is 10.2. The van der Waals surface area contributed by atoms with Gasteiger partial charge in [-0.15, -0.1) is 0 Å². The van der Waals surface area contributed by atoms with Crippen molar-refractivity contribution in [2.75, 3.05) is 32.7 Å². The highest BCUT2D eigenvalue weighted by Crippen LogP contribution is 2.08. The molecule has 0 aliphatic carbocycles. The zero-order valence-corrected chi connectivity index (χ0v) is 10.2. The Balaban J connectivity index is 2.39. The summed E-state index contributed by atoms with van der Waals surface area (Å²) in [7, 11) is 0. The average molecular weight is 212 g/mol. The fraction of sp³-hybridized carbons (Fsp3) is 0.909. The molecule has 2 N–H and O–H groups in total. The second kappa shape index (κ2) is 5.95. The maximum absolute atomic E-state index is 5.87. The fourth-order valence-electron chi connectivity index (χ4n) is 1.91. The maximum atomic E-state index is 5.87. The van der Waals surface area contributed by atoms with Crippen LogP contribution in [0.1, 0.15) is 27.2 Å². The molecule has 15 heavy (non-hydrogen) atoms. The zero-order chi connectivity index (χ0) is 11.3. The van der Waals surface area contributed by atoms with Crippen LogP contribution in [0.15, 0.2) is 4.99 Å². The number of hydrogen-bond donors (Lipinski definition) is 1. The predicted molar refractivity (Wildman–Crippen MR) is 65.1 cm³/mol. The van der Waals surface area contributed by atoms with E-state index in [1.165, 1.54) is 6.42 Å². The molecule has 88 valence electrons. The van der Waals surface area contributed by atoms with E-state index in [1.807, 2.05) is 6.92 Å². The lowest BCUT2D eigenvalue weighted by molar-refractivity contribution is 0.137. The van der Waals surface area contributed by atoms with Crippen molar-refractivity contribution in [3.05, 3.63) is 0 Å². The second-order valence-electron chi connectivity index (χ2n) is 4.11. The van der Waals surface area contributed by atoms with Gasteiger partial charge in [0.2, 0.25) is 0 Å². The topological polar surface area (TPSA) is 44.9 Å². The lowest BCUT2D eigenvalue weighted by Crippen LogP contribution is -2.53. The smallest absolute Gasteiger partial charge is 0.191 e. The van der Waals surface area contributed by atoms with Gasteiger partial charge in [-0.25, -0.2) is 0 Å². The van der Waals surface area contributed by atoms with Crippen LogP contribution in [0, 0.1) is 0 Å². The summed E-state index contributed by atoms with van der Waals surface area (Å²) < 4.78 is 0. The van der Waals surface area contributed by atoms with Gasteiger partial charge < -0.3 is 10.6 Å². The Hall–Kier alpha value is -0.770. The van der Waals surface area contributed by atoms with E-state index in [1.54, 1.807) is 0 Å². The third kappa shape index (κ3) is 3.38. The summed E-state index contributed by atoms with van der Waals surface area (Å²) in [6, 6.07) is 0.691. The molecule has 1 saturated heterocycles. The SMILES string of the molecule is CCN=C(N)N1CCN(C(C)CC)CC1. The minimum atomic E-state index is 0.691. The van der Waals surface area contributed by atoms with Crippen LogP contribution in [0.2, 0.25) is 0 Å². The number of nitrogens with zero attached hydrogens (tertiary/aromatic N) is 3. The van der Waals surface area contributed by atoms with Gasteiger partial charge in [-0.05, 0) is 20.3 Å². The van der Waals surface area contributed by atoms with Gasteiger partial charge in [0, 0.05) is 38.8 Å². The van der Waals surface area contributed by atoms with E-state index < -0.39 is 0 Å². The molecule has 0 radical (unpaired) electrons. The Morgan fingerprint density at radius 2 is 1.87 bits per heavy atom. The third-order valence-electron chi connectivity index (χ3n) is 3.17. The van der Waals surface area contributed by atoms with Crippen molar-refractivity contribution in [1.29, 1.82) is 0 Å². The van der Waals surface area contributed by atoms with Crippen LogP contribution >= 0.6 is 0 Å². The van der Waals surface area contributed by atoms with Crippen molar-refractivity contribution in [3.8, 4) is 0 Å². The van der Waals surface area contributed by atoms with Gasteiger partial charge in [-0.2, -0.15) is 0 Å². The molecule has 0 aromatic rings. The van der Waals surface area contributed by atoms with Gasteiger partial charge >= 0.3 is 0 Å². The van der Waals surface area contributed by atoms with Crippen LogP contribution in [0.5, 0.6) is 0 Å². The molecule has 0 aromatic heterocycles. The summed E-state index contributed by atoms with van der Waals surface area (Å²) in [5.74, 6) is 0.710. The van der Waals surface area contributed by atoms with E-state index in [-0.39, 0.29) is 0 Å². The van der Waals surface area contributed by atoms with Gasteiger partial charge in [-0.3, -0.25) is 9.89 Å². The molecule has 0 amide bonds. The lowest BCUT2D eigenvalue weighted by atomic mass is 10.2. The number of nitrogens with two attached hydrogens (primary N) is 1. The van der Waals surface area contributed by atoms with Gasteiger partial charge in [0.25, 0.3) is 0 Å². The Labute approximate surface area is 93.1 Å². The Bertz CT molecular complexity index is 207. The first-order valence-corrected chi connectivity index (χ1v) is 5.98. The van der Waals surface area contributed by atoms with E-state index >= 15 is 0 Å². The predicted octanol–water partition coefficient (Wildman–Crippen LogP) is 0.737. The molecule has 1 aliphatic rings. The van der Waals surface area contributed by atoms with Gasteiger partial charge in [0.05, 0.1) is 0 Å². The van der Waals surface area contributed by atoms with Crippen molar-refractivity contribution in [3.63, 3.8) is 0 Å². The Kier molecular flexibility index (Phi) is 4.88. The summed E-state index contributed by atoms with van der Waals surface area (Å²) in [5, 5.41) is 0. The van der Waals surface area contributed by atoms with Crippen LogP contribution in [-0.4, -0.2) is 54.5 Å². The molecule has 0 saturated carbocycles. The van der Waals surface area contributed by atoms with Crippen molar-refractivity contribution in [2.45, 2.75) is 33.2 Å². The molecule has 4 heteroatoms. The lowest BCUT2D eigenvalue weighted by Gasteiger charge is -2.38. The van der Waals surface area contributed by atoms with E-state index in [4.69, 9.17) is 5.73 Å². The first kappa shape index (κ1) is 12.3. The number of guanidine groups is 1. The van der Waals surface area contributed by atoms with Crippen molar-refractivity contribution < 1.29 is 0 Å². The van der Waals surface area contributed by atoms with Crippen molar-refractivity contribution in [1.82, 2.24) is 9.80 Å². The molecule has 0 bridgehead atoms. The monoisotopic (exact) mass is 212 g/mol. The fourth-order valence-corrected chi connectivity index (χ4v) is 1.91. The molecule has 0 spiro atoms. The van der Waals surface area contributed by atoms with Crippen LogP contribution in [-0.2, 0) is 0 Å². The molecular weight excluding hydrogens is 188 g/mol. The van der Waals surface area contributed by atoms with Crippen LogP contribution in [0.3, 0.4) is 0 Å². The van der Waals surface area contributed by atoms with Gasteiger partial charge in [0.15, 0.2) is 5.96 Å². The van der Waals surface area contributed by atoms with Gasteiger partial charge in [-0.1, -0.05) is 6.92 Å². The molecule has 1 atom stereocenters. The molecule has 1 unspecified atom stereocenters. The first-order valence-electron chi connectivity index (χ1n) is 5.98. The van der Waals surface area contributed by atoms with Crippen molar-refractivity contribution in [2.24, 2.45) is 10.7 Å². The van der Waals surface area contributed by atoms with Gasteiger partial charge in [0.1, 0.15) is 0 Å². The number of hydrogen-bond acceptors (Lipinski definition) is 2. The van der Waals surface area contributed by atoms with E-state index in [9.17, 15) is 0 Å². The van der Waals surface area contributed by atoms with E-state index in [2.05, 4.69) is 28.6 Å². The van der Waals surface area contributed by atoms with E-state index in [0.717, 1.165) is 32.7 Å². The molecule has 0 aromatic carbocycles. The third-order valence-corrected chi connectivity index (χ3v) is 3.17. The summed E-state index contributed by atoms with van der Waals surface area (Å²) in [6.07, 6.45) is 1.22. The Morgan fingerprint density at radius 1 is 1.27 bits per heavy atom. The highest BCUT2D eigenvalue weighted by molar-refractivity contribution is 5.78. The molecule has 1 rings (SSSR count). The minimum absolute atomic E-state index is 0.691. The molecule has 1 aliphatic heterocycles. The number of aliphatic imine (C=N–C) groups is 1. The molecule has 1 fully saturated rings. The maximum Gasteiger partial charge on any atom is 0.191 e. The highest BCUT2D eigenvalue weighted by Gasteiger charge is 2.20. The molecule has 1 heterocycles. The highest BCUT2D eigenvalue weighted by atomic mass is 15.3. The summed E-state index contributed by atoms with van der Waals surface area (Å²) in [4.78, 5) is 8.95. The normalized spacial score (nSPS) is 21.8. The van der Waals surface area contributed by atoms with E-state index in [0.29, 0.717) is 12.0 Å². The number of rotatable bonds is 3. The van der Waals surface area contributed by atoms with Crippen LogP contribution < -0.4 is 5.73 Å². The molecule has 4 nitrogen and oxygen atoms in total. The average Bonchev–Trinajstić information content (AvgIpc) is 2.28. The largest absolute Gasteiger partial charge is 0.370 e. The summed E-state index contributed by atoms with van der Waals surface area (Å²) in [5.41, 5.74) is 5.87. The van der Waals surface area contributed by atoms with Crippen LogP contribution in [0.4, 0.5) is 0 Å². The first-order chi connectivity index (χ1) is 7.19. The van der Waals surface area contributed by atoms with Crippen molar-refractivity contribution >= 4 is 5.96 Å². The second-order valence-corrected chi connectivity index (χ2v) is 4.11. The number of piperazine rings is 1. The minimum Gasteiger partial charge on any atom is -0.370 e. The summed E-state index contributed by atoms with van der Waals surface area (Å²) in [6.45, 7) is 11.6. The van der Waals surface area contributed by atoms with Crippen LogP contribution in [0.25, 0.3) is 0 Å².